The maximum atomic E-state index is 12.5. The van der Waals surface area contributed by atoms with Crippen molar-refractivity contribution in [3.63, 3.8) is 0 Å². The second-order valence-electron chi connectivity index (χ2n) is 9.32. The second-order valence-corrected chi connectivity index (χ2v) is 9.32. The number of alkyl carbamates (subject to hydrolysis) is 1. The lowest BCUT2D eigenvalue weighted by Crippen LogP contribution is -2.36. The van der Waals surface area contributed by atoms with Gasteiger partial charge in [-0.1, -0.05) is 24.3 Å². The van der Waals surface area contributed by atoms with Crippen molar-refractivity contribution in [2.24, 2.45) is 0 Å². The molecule has 8 nitrogen and oxygen atoms in total. The monoisotopic (exact) mass is 467 g/mol. The molecule has 0 aromatic heterocycles. The van der Waals surface area contributed by atoms with Gasteiger partial charge in [0.2, 0.25) is 0 Å². The second kappa shape index (κ2) is 11.0. The van der Waals surface area contributed by atoms with Crippen LogP contribution >= 0.6 is 0 Å². The van der Waals surface area contributed by atoms with Crippen molar-refractivity contribution in [1.82, 2.24) is 10.6 Å². The van der Waals surface area contributed by atoms with Crippen LogP contribution in [-0.2, 0) is 9.53 Å². The number of nitrogens with one attached hydrogen (secondary N) is 3. The van der Waals surface area contributed by atoms with Gasteiger partial charge in [-0.2, -0.15) is 0 Å². The first-order valence-corrected chi connectivity index (χ1v) is 11.6. The number of carbonyl (C=O) groups is 3. The number of ether oxygens (including phenoxy) is 2. The van der Waals surface area contributed by atoms with Gasteiger partial charge in [0, 0.05) is 12.1 Å². The Kier molecular flexibility index (Phi) is 8.15. The Morgan fingerprint density at radius 1 is 1.12 bits per heavy atom. The number of carbonyl (C=O) groups excluding carboxylic acids is 3. The fourth-order valence-electron chi connectivity index (χ4n) is 3.58. The van der Waals surface area contributed by atoms with Crippen LogP contribution in [0.25, 0.3) is 0 Å². The third kappa shape index (κ3) is 7.23. The molecule has 3 N–H and O–H groups in total. The molecule has 182 valence electrons. The summed E-state index contributed by atoms with van der Waals surface area (Å²) in [5.74, 6) is 0.273. The van der Waals surface area contributed by atoms with Crippen LogP contribution in [0.1, 0.15) is 68.9 Å². The van der Waals surface area contributed by atoms with Gasteiger partial charge in [-0.15, -0.1) is 0 Å². The summed E-state index contributed by atoms with van der Waals surface area (Å²) >= 11 is 0. The molecule has 2 aromatic carbocycles. The van der Waals surface area contributed by atoms with Gasteiger partial charge in [0.25, 0.3) is 11.8 Å². The van der Waals surface area contributed by atoms with Crippen LogP contribution < -0.4 is 20.7 Å². The van der Waals surface area contributed by atoms with E-state index in [2.05, 4.69) is 16.0 Å². The molecule has 0 bridgehead atoms. The summed E-state index contributed by atoms with van der Waals surface area (Å²) in [6, 6.07) is 14.2. The molecule has 2 atom stereocenters. The Labute approximate surface area is 200 Å². The first kappa shape index (κ1) is 25.1. The average molecular weight is 468 g/mol. The minimum absolute atomic E-state index is 0.108. The molecule has 3 rings (SSSR count). The first-order chi connectivity index (χ1) is 16.1. The highest BCUT2D eigenvalue weighted by Crippen LogP contribution is 2.33. The lowest BCUT2D eigenvalue weighted by Gasteiger charge is -2.27. The normalized spacial score (nSPS) is 15.9. The smallest absolute Gasteiger partial charge is 0.408 e. The number of anilines is 1. The van der Waals surface area contributed by atoms with Gasteiger partial charge in [-0.25, -0.2) is 4.79 Å². The quantitative estimate of drug-likeness (QED) is 0.493. The zero-order valence-corrected chi connectivity index (χ0v) is 20.1. The lowest BCUT2D eigenvalue weighted by atomic mass is 9.99. The van der Waals surface area contributed by atoms with E-state index in [1.54, 1.807) is 25.1 Å². The summed E-state index contributed by atoms with van der Waals surface area (Å²) in [7, 11) is 0. The molecule has 1 aliphatic heterocycles. The molecule has 2 aromatic rings. The van der Waals surface area contributed by atoms with Gasteiger partial charge < -0.3 is 25.4 Å². The third-order valence-corrected chi connectivity index (χ3v) is 5.27. The van der Waals surface area contributed by atoms with Gasteiger partial charge in [0.1, 0.15) is 11.4 Å². The van der Waals surface area contributed by atoms with Gasteiger partial charge >= 0.3 is 6.09 Å². The van der Waals surface area contributed by atoms with E-state index in [1.165, 1.54) is 0 Å². The fourth-order valence-corrected chi connectivity index (χ4v) is 3.58. The summed E-state index contributed by atoms with van der Waals surface area (Å²) in [6.45, 7) is 7.65. The SMILES string of the molecule is CC1Oc2ccc(C(CCCCNC(=O)c3ccccc3)NC(=O)OC(C)(C)C)cc2NC1=O. The van der Waals surface area contributed by atoms with E-state index in [1.807, 2.05) is 51.1 Å². The predicted molar refractivity (Wildman–Crippen MR) is 130 cm³/mol. The van der Waals surface area contributed by atoms with Gasteiger partial charge in [0.05, 0.1) is 11.7 Å². The molecule has 0 fully saturated rings. The molecule has 0 spiro atoms. The van der Waals surface area contributed by atoms with Crippen molar-refractivity contribution in [3.8, 4) is 5.75 Å². The summed E-state index contributed by atoms with van der Waals surface area (Å²) in [4.78, 5) is 36.7. The molecule has 0 radical (unpaired) electrons. The van der Waals surface area contributed by atoms with Crippen molar-refractivity contribution < 1.29 is 23.9 Å². The van der Waals surface area contributed by atoms with Crippen molar-refractivity contribution in [3.05, 3.63) is 59.7 Å². The number of rotatable bonds is 8. The summed E-state index contributed by atoms with van der Waals surface area (Å²) in [6.07, 6.45) is 1.06. The van der Waals surface area contributed by atoms with Crippen LogP contribution in [0.2, 0.25) is 0 Å². The molecule has 0 saturated carbocycles. The molecule has 8 heteroatoms. The van der Waals surface area contributed by atoms with Crippen molar-refractivity contribution in [2.75, 3.05) is 11.9 Å². The fraction of sp³-hybridized carbons (Fsp3) is 0.423. The predicted octanol–water partition coefficient (Wildman–Crippen LogP) is 4.57. The van der Waals surface area contributed by atoms with E-state index < -0.39 is 17.8 Å². The highest BCUT2D eigenvalue weighted by Gasteiger charge is 2.26. The molecular formula is C26H33N3O5. The van der Waals surface area contributed by atoms with Crippen LogP contribution in [-0.4, -0.2) is 36.2 Å². The van der Waals surface area contributed by atoms with E-state index in [-0.39, 0.29) is 17.9 Å². The molecule has 34 heavy (non-hydrogen) atoms. The summed E-state index contributed by atoms with van der Waals surface area (Å²) in [5.41, 5.74) is 1.41. The van der Waals surface area contributed by atoms with E-state index in [0.717, 1.165) is 18.4 Å². The molecule has 1 aliphatic rings. The maximum absolute atomic E-state index is 12.5. The number of hydrogen-bond acceptors (Lipinski definition) is 5. The van der Waals surface area contributed by atoms with Crippen LogP contribution in [0.15, 0.2) is 48.5 Å². The summed E-state index contributed by atoms with van der Waals surface area (Å²) in [5, 5.41) is 8.70. The van der Waals surface area contributed by atoms with Crippen LogP contribution in [0.4, 0.5) is 10.5 Å². The van der Waals surface area contributed by atoms with Crippen LogP contribution in [0.3, 0.4) is 0 Å². The number of amides is 3. The highest BCUT2D eigenvalue weighted by molar-refractivity contribution is 5.97. The number of fused-ring (bicyclic) bond motifs is 1. The third-order valence-electron chi connectivity index (χ3n) is 5.27. The Morgan fingerprint density at radius 2 is 1.85 bits per heavy atom. The molecular weight excluding hydrogens is 434 g/mol. The number of benzene rings is 2. The number of hydrogen-bond donors (Lipinski definition) is 3. The molecule has 0 saturated heterocycles. The first-order valence-electron chi connectivity index (χ1n) is 11.6. The van der Waals surface area contributed by atoms with Crippen LogP contribution in [0.5, 0.6) is 5.75 Å². The number of unbranched alkanes of at least 4 members (excludes halogenated alkanes) is 1. The molecule has 3 amide bonds. The van der Waals surface area contributed by atoms with E-state index in [0.29, 0.717) is 30.0 Å². The Hall–Kier alpha value is -3.55. The minimum Gasteiger partial charge on any atom is -0.479 e. The molecule has 2 unspecified atom stereocenters. The largest absolute Gasteiger partial charge is 0.479 e. The van der Waals surface area contributed by atoms with Crippen molar-refractivity contribution in [1.29, 1.82) is 0 Å². The maximum Gasteiger partial charge on any atom is 0.408 e. The van der Waals surface area contributed by atoms with Crippen molar-refractivity contribution >= 4 is 23.6 Å². The van der Waals surface area contributed by atoms with E-state index in [9.17, 15) is 14.4 Å². The van der Waals surface area contributed by atoms with Gasteiger partial charge in [0.15, 0.2) is 6.10 Å². The van der Waals surface area contributed by atoms with Gasteiger partial charge in [-0.3, -0.25) is 9.59 Å². The Morgan fingerprint density at radius 3 is 2.56 bits per heavy atom. The standard InChI is InChI=1S/C26H33N3O5/c1-17-23(30)28-21-16-19(13-14-22(21)33-17)20(29-25(32)34-26(2,3)4)12-8-9-15-27-24(31)18-10-6-5-7-11-18/h5-7,10-11,13-14,16-17,20H,8-9,12,15H2,1-4H3,(H,27,31)(H,28,30)(H,29,32). The van der Waals surface area contributed by atoms with Gasteiger partial charge in [-0.05, 0) is 76.8 Å². The Balaban J connectivity index is 1.62. The van der Waals surface area contributed by atoms with E-state index in [4.69, 9.17) is 9.47 Å². The zero-order chi connectivity index (χ0) is 24.7. The Bertz CT molecular complexity index is 1020. The highest BCUT2D eigenvalue weighted by atomic mass is 16.6. The topological polar surface area (TPSA) is 106 Å². The minimum atomic E-state index is -0.621. The van der Waals surface area contributed by atoms with E-state index >= 15 is 0 Å². The van der Waals surface area contributed by atoms with Crippen LogP contribution in [0, 0.1) is 0 Å². The molecule has 1 heterocycles. The summed E-state index contributed by atoms with van der Waals surface area (Å²) < 4.78 is 11.1. The van der Waals surface area contributed by atoms with Crippen molar-refractivity contribution in [2.45, 2.75) is 64.7 Å². The molecule has 0 aliphatic carbocycles. The lowest BCUT2D eigenvalue weighted by molar-refractivity contribution is -0.122. The zero-order valence-electron chi connectivity index (χ0n) is 20.1. The average Bonchev–Trinajstić information content (AvgIpc) is 2.78.